The van der Waals surface area contributed by atoms with Crippen LogP contribution in [0.2, 0.25) is 0 Å². The van der Waals surface area contributed by atoms with E-state index in [1.54, 1.807) is 0 Å². The fourth-order valence-electron chi connectivity index (χ4n) is 2.68. The molecule has 0 radical (unpaired) electrons. The van der Waals surface area contributed by atoms with E-state index < -0.39 is 75.1 Å². The van der Waals surface area contributed by atoms with E-state index in [0.717, 1.165) is 57.4 Å². The monoisotopic (exact) mass is 558 g/mol. The van der Waals surface area contributed by atoms with Crippen molar-refractivity contribution in [2.45, 2.75) is 0 Å². The molecule has 1 aromatic rings. The Kier molecular flexibility index (Phi) is 13.4. The highest BCUT2D eigenvalue weighted by Crippen LogP contribution is 2.20. The molecule has 18 heteroatoms. The third-order valence-corrected chi connectivity index (χ3v) is 4.73. The van der Waals surface area contributed by atoms with Crippen molar-refractivity contribution in [3.05, 3.63) is 0 Å². The van der Waals surface area contributed by atoms with E-state index in [-0.39, 0.29) is 17.8 Å². The van der Waals surface area contributed by atoms with Gasteiger partial charge in [-0.2, -0.15) is 15.0 Å². The highest BCUT2D eigenvalue weighted by atomic mass is 16.5. The van der Waals surface area contributed by atoms with E-state index in [9.17, 15) is 28.8 Å². The van der Waals surface area contributed by atoms with Crippen LogP contribution in [0.25, 0.3) is 0 Å². The molecule has 0 fully saturated rings. The van der Waals surface area contributed by atoms with Crippen LogP contribution in [-0.2, 0) is 57.2 Å². The van der Waals surface area contributed by atoms with Gasteiger partial charge in [0.05, 0.1) is 42.7 Å². The van der Waals surface area contributed by atoms with Crippen LogP contribution in [0.4, 0.5) is 17.8 Å². The molecule has 216 valence electrons. The molecule has 1 heterocycles. The summed E-state index contributed by atoms with van der Waals surface area (Å²) in [7, 11) is 6.70. The second kappa shape index (κ2) is 16.2. The van der Waals surface area contributed by atoms with Gasteiger partial charge in [0.2, 0.25) is 17.8 Å². The van der Waals surface area contributed by atoms with Crippen molar-refractivity contribution in [1.82, 2.24) is 15.0 Å². The quantitative estimate of drug-likeness (QED) is 0.159. The number of esters is 6. The largest absolute Gasteiger partial charge is 0.468 e. The van der Waals surface area contributed by atoms with E-state index in [1.807, 2.05) is 0 Å². The number of rotatable bonds is 15. The summed E-state index contributed by atoms with van der Waals surface area (Å²) < 4.78 is 28.0. The lowest BCUT2D eigenvalue weighted by Gasteiger charge is -2.27. The van der Waals surface area contributed by atoms with Gasteiger partial charge in [0.25, 0.3) is 0 Å². The van der Waals surface area contributed by atoms with Gasteiger partial charge in [-0.1, -0.05) is 0 Å². The molecule has 0 bridgehead atoms. The number of aromatic nitrogens is 3. The Morgan fingerprint density at radius 2 is 0.564 bits per heavy atom. The number of anilines is 3. The lowest BCUT2D eigenvalue weighted by Crippen LogP contribution is -2.41. The summed E-state index contributed by atoms with van der Waals surface area (Å²) in [6, 6.07) is 0. The van der Waals surface area contributed by atoms with E-state index in [4.69, 9.17) is 0 Å². The summed E-state index contributed by atoms with van der Waals surface area (Å²) in [5, 5.41) is 0. The van der Waals surface area contributed by atoms with Crippen LogP contribution < -0.4 is 14.7 Å². The van der Waals surface area contributed by atoms with Crippen molar-refractivity contribution in [1.29, 1.82) is 0 Å². The van der Waals surface area contributed by atoms with Crippen molar-refractivity contribution in [2.75, 3.05) is 96.6 Å². The minimum Gasteiger partial charge on any atom is -0.468 e. The van der Waals surface area contributed by atoms with Crippen molar-refractivity contribution in [2.24, 2.45) is 0 Å². The first-order valence-corrected chi connectivity index (χ1v) is 10.9. The number of ether oxygens (including phenoxy) is 6. The minimum atomic E-state index is -0.788. The molecule has 0 atom stereocenters. The molecule has 0 saturated carbocycles. The van der Waals surface area contributed by atoms with E-state index in [2.05, 4.69) is 43.4 Å². The zero-order chi connectivity index (χ0) is 29.5. The van der Waals surface area contributed by atoms with Gasteiger partial charge >= 0.3 is 35.8 Å². The van der Waals surface area contributed by atoms with Gasteiger partial charge in [-0.25, -0.2) is 0 Å². The summed E-state index contributed by atoms with van der Waals surface area (Å²) in [4.78, 5) is 88.3. The molecular weight excluding hydrogens is 528 g/mol. The van der Waals surface area contributed by atoms with E-state index in [0.29, 0.717) is 0 Å². The van der Waals surface area contributed by atoms with Gasteiger partial charge in [-0.15, -0.1) is 0 Å². The highest BCUT2D eigenvalue weighted by Gasteiger charge is 2.27. The second-order valence-corrected chi connectivity index (χ2v) is 7.26. The lowest BCUT2D eigenvalue weighted by atomic mass is 10.4. The van der Waals surface area contributed by atoms with E-state index in [1.165, 1.54) is 0 Å². The fraction of sp³-hybridized carbons (Fsp3) is 0.571. The summed E-state index contributed by atoms with van der Waals surface area (Å²) >= 11 is 0. The number of carbonyl (C=O) groups is 6. The topological polar surface area (TPSA) is 206 Å². The van der Waals surface area contributed by atoms with Crippen LogP contribution in [0.3, 0.4) is 0 Å². The van der Waals surface area contributed by atoms with Crippen molar-refractivity contribution < 1.29 is 57.2 Å². The maximum absolute atomic E-state index is 12.1. The first-order chi connectivity index (χ1) is 18.5. The van der Waals surface area contributed by atoms with Crippen LogP contribution in [-0.4, -0.2) is 133 Å². The Bertz CT molecular complexity index is 857. The smallest absolute Gasteiger partial charge is 0.325 e. The Hall–Kier alpha value is -4.77. The van der Waals surface area contributed by atoms with Gasteiger partial charge in [0, 0.05) is 0 Å². The molecule has 1 aromatic heterocycles. The van der Waals surface area contributed by atoms with Crippen LogP contribution in [0, 0.1) is 0 Å². The number of hydrogen-bond donors (Lipinski definition) is 0. The van der Waals surface area contributed by atoms with Gasteiger partial charge in [0.15, 0.2) is 0 Å². The highest BCUT2D eigenvalue weighted by molar-refractivity contribution is 5.83. The third kappa shape index (κ3) is 10.6. The minimum absolute atomic E-state index is 0.342. The predicted molar refractivity (Wildman–Crippen MR) is 129 cm³/mol. The number of hydrogen-bond acceptors (Lipinski definition) is 18. The summed E-state index contributed by atoms with van der Waals surface area (Å²) in [6.07, 6.45) is 0. The molecule has 0 aliphatic carbocycles. The normalized spacial score (nSPS) is 10.0. The Balaban J connectivity index is 3.86. The molecule has 0 aromatic carbocycles. The first kappa shape index (κ1) is 32.3. The maximum atomic E-state index is 12.1. The van der Waals surface area contributed by atoms with Crippen LogP contribution in [0.1, 0.15) is 0 Å². The Morgan fingerprint density at radius 1 is 0.410 bits per heavy atom. The number of nitrogens with zero attached hydrogens (tertiary/aromatic N) is 6. The van der Waals surface area contributed by atoms with Crippen LogP contribution in [0.15, 0.2) is 0 Å². The molecule has 0 aliphatic rings. The molecular formula is C21H30N6O12. The standard InChI is InChI=1S/C21H30N6O12/c1-34-13(28)7-25(8-14(29)35-2)19-22-20(26(9-15(30)36-3)10-16(31)37-4)24-21(23-19)27(11-17(32)38-5)12-18(33)39-6/h7-12H2,1-6H3. The number of carbonyl (C=O) groups excluding carboxylic acids is 6. The lowest BCUT2D eigenvalue weighted by molar-refractivity contribution is -0.141. The van der Waals surface area contributed by atoms with Gasteiger partial charge in [0.1, 0.15) is 39.3 Å². The van der Waals surface area contributed by atoms with Crippen molar-refractivity contribution >= 4 is 53.7 Å². The average molecular weight is 559 g/mol. The predicted octanol–water partition coefficient (Wildman–Crippen LogP) is -2.67. The summed E-state index contributed by atoms with van der Waals surface area (Å²) in [5.74, 6) is -5.75. The molecule has 0 spiro atoms. The van der Waals surface area contributed by atoms with Crippen molar-refractivity contribution in [3.63, 3.8) is 0 Å². The molecule has 0 aliphatic heterocycles. The van der Waals surface area contributed by atoms with Crippen LogP contribution in [0.5, 0.6) is 0 Å². The van der Waals surface area contributed by atoms with E-state index >= 15 is 0 Å². The average Bonchev–Trinajstić information content (AvgIpc) is 2.94. The molecule has 0 N–H and O–H groups in total. The molecule has 18 nitrogen and oxygen atoms in total. The molecule has 0 amide bonds. The summed E-state index contributed by atoms with van der Waals surface area (Å²) in [6.45, 7) is -3.27. The fourth-order valence-corrected chi connectivity index (χ4v) is 2.68. The van der Waals surface area contributed by atoms with Gasteiger partial charge in [-0.05, 0) is 0 Å². The van der Waals surface area contributed by atoms with Gasteiger partial charge in [-0.3, -0.25) is 28.8 Å². The zero-order valence-corrected chi connectivity index (χ0v) is 22.3. The SMILES string of the molecule is COC(=O)CN(CC(=O)OC)c1nc(N(CC(=O)OC)CC(=O)OC)nc(N(CC(=O)OC)CC(=O)OC)n1. The third-order valence-electron chi connectivity index (χ3n) is 4.73. The zero-order valence-electron chi connectivity index (χ0n) is 22.3. The van der Waals surface area contributed by atoms with Crippen molar-refractivity contribution in [3.8, 4) is 0 Å². The molecule has 0 saturated heterocycles. The second-order valence-electron chi connectivity index (χ2n) is 7.26. The molecule has 1 rings (SSSR count). The van der Waals surface area contributed by atoms with Crippen LogP contribution >= 0.6 is 0 Å². The number of methoxy groups -OCH3 is 6. The molecule has 39 heavy (non-hydrogen) atoms. The molecule has 0 unspecified atom stereocenters. The summed E-state index contributed by atoms with van der Waals surface area (Å²) in [5.41, 5.74) is 0. The Labute approximate surface area is 223 Å². The first-order valence-electron chi connectivity index (χ1n) is 10.9. The maximum Gasteiger partial charge on any atom is 0.325 e. The Morgan fingerprint density at radius 3 is 0.692 bits per heavy atom. The van der Waals surface area contributed by atoms with Gasteiger partial charge < -0.3 is 43.1 Å².